The van der Waals surface area contributed by atoms with Gasteiger partial charge in [0.1, 0.15) is 12.6 Å². The smallest absolute Gasteiger partial charge is 0.407 e. The van der Waals surface area contributed by atoms with E-state index >= 15 is 0 Å². The summed E-state index contributed by atoms with van der Waals surface area (Å²) >= 11 is 0. The molecule has 3 N–H and O–H groups in total. The van der Waals surface area contributed by atoms with Crippen LogP contribution in [0.15, 0.2) is 48.5 Å². The van der Waals surface area contributed by atoms with Gasteiger partial charge in [-0.15, -0.1) is 0 Å². The van der Waals surface area contributed by atoms with Crippen molar-refractivity contribution in [3.8, 4) is 11.1 Å². The first-order valence-electron chi connectivity index (χ1n) is 11.7. The van der Waals surface area contributed by atoms with Crippen LogP contribution in [-0.2, 0) is 14.3 Å². The number of hydrogen-bond acceptors (Lipinski definition) is 4. The topological polar surface area (TPSA) is 105 Å². The van der Waals surface area contributed by atoms with E-state index in [0.29, 0.717) is 13.0 Å². The molecule has 0 radical (unpaired) electrons. The molecule has 2 aromatic rings. The normalized spacial score (nSPS) is 14.5. The van der Waals surface area contributed by atoms with Crippen LogP contribution in [0, 0.1) is 11.3 Å². The molecule has 2 atom stereocenters. The van der Waals surface area contributed by atoms with Crippen molar-refractivity contribution in [2.75, 3.05) is 13.2 Å². The monoisotopic (exact) mass is 466 g/mol. The lowest BCUT2D eigenvalue weighted by molar-refractivity contribution is -0.138. The minimum absolute atomic E-state index is 0.0522. The number of benzene rings is 2. The molecule has 0 aromatic heterocycles. The zero-order chi connectivity index (χ0) is 24.9. The van der Waals surface area contributed by atoms with Gasteiger partial charge in [0.05, 0.1) is 0 Å². The number of hydrogen-bond donors (Lipinski definition) is 3. The number of rotatable bonds is 9. The van der Waals surface area contributed by atoms with Gasteiger partial charge in [-0.25, -0.2) is 4.79 Å². The third-order valence-corrected chi connectivity index (χ3v) is 6.19. The first-order valence-corrected chi connectivity index (χ1v) is 11.7. The zero-order valence-electron chi connectivity index (χ0n) is 20.3. The molecular weight excluding hydrogens is 432 g/mol. The van der Waals surface area contributed by atoms with E-state index in [-0.39, 0.29) is 30.8 Å². The predicted octanol–water partition coefficient (Wildman–Crippen LogP) is 4.56. The second-order valence-electron chi connectivity index (χ2n) is 10.1. The predicted molar refractivity (Wildman–Crippen MR) is 130 cm³/mol. The molecule has 1 aliphatic rings. The average Bonchev–Trinajstić information content (AvgIpc) is 3.08. The minimum Gasteiger partial charge on any atom is -0.481 e. The van der Waals surface area contributed by atoms with Gasteiger partial charge in [0.15, 0.2) is 0 Å². The largest absolute Gasteiger partial charge is 0.481 e. The highest BCUT2D eigenvalue weighted by molar-refractivity contribution is 5.86. The van der Waals surface area contributed by atoms with Crippen LogP contribution < -0.4 is 10.6 Å². The van der Waals surface area contributed by atoms with E-state index in [4.69, 9.17) is 9.84 Å². The molecule has 1 unspecified atom stereocenters. The first kappa shape index (κ1) is 25.3. The number of alkyl carbamates (subject to hydrolysis) is 1. The fraction of sp³-hybridized carbons (Fsp3) is 0.444. The maximum Gasteiger partial charge on any atom is 0.407 e. The molecule has 7 heteroatoms. The van der Waals surface area contributed by atoms with Crippen molar-refractivity contribution in [3.05, 3.63) is 59.7 Å². The second-order valence-corrected chi connectivity index (χ2v) is 10.1. The van der Waals surface area contributed by atoms with Crippen molar-refractivity contribution in [1.29, 1.82) is 0 Å². The standard InChI is InChI=1S/C27H34N2O5/c1-17(15-23(30)31)13-14-28-25(32)24(27(2,3)4)29-26(33)34-16-22-20-11-7-5-9-18(20)19-10-6-8-12-21(19)22/h5-12,17,22,24H,13-16H2,1-4H3,(H,28,32)(H,29,33)(H,30,31)/t17?,24-/m1/s1. The quantitative estimate of drug-likeness (QED) is 0.503. The van der Waals surface area contributed by atoms with Crippen LogP contribution in [0.3, 0.4) is 0 Å². The molecule has 34 heavy (non-hydrogen) atoms. The fourth-order valence-corrected chi connectivity index (χ4v) is 4.38. The van der Waals surface area contributed by atoms with E-state index in [9.17, 15) is 14.4 Å². The van der Waals surface area contributed by atoms with Gasteiger partial charge < -0.3 is 20.5 Å². The lowest BCUT2D eigenvalue weighted by Gasteiger charge is -2.30. The van der Waals surface area contributed by atoms with Crippen molar-refractivity contribution in [3.63, 3.8) is 0 Å². The van der Waals surface area contributed by atoms with Gasteiger partial charge in [0.2, 0.25) is 5.91 Å². The number of aliphatic carboxylic acids is 1. The lowest BCUT2D eigenvalue weighted by atomic mass is 9.86. The Balaban J connectivity index is 1.59. The second kappa shape index (κ2) is 10.7. The highest BCUT2D eigenvalue weighted by Crippen LogP contribution is 2.44. The summed E-state index contributed by atoms with van der Waals surface area (Å²) in [5.41, 5.74) is 4.00. The molecule has 0 saturated carbocycles. The van der Waals surface area contributed by atoms with Gasteiger partial charge in [-0.1, -0.05) is 76.2 Å². The summed E-state index contributed by atoms with van der Waals surface area (Å²) < 4.78 is 5.61. The zero-order valence-corrected chi connectivity index (χ0v) is 20.3. The van der Waals surface area contributed by atoms with Crippen LogP contribution in [0.2, 0.25) is 0 Å². The number of carbonyl (C=O) groups is 3. The molecule has 0 heterocycles. The van der Waals surface area contributed by atoms with Crippen molar-refractivity contribution in [2.24, 2.45) is 11.3 Å². The van der Waals surface area contributed by atoms with Crippen LogP contribution >= 0.6 is 0 Å². The summed E-state index contributed by atoms with van der Waals surface area (Å²) in [6, 6.07) is 15.4. The third kappa shape index (κ3) is 6.16. The van der Waals surface area contributed by atoms with Gasteiger partial charge in [0, 0.05) is 18.9 Å². The molecule has 7 nitrogen and oxygen atoms in total. The summed E-state index contributed by atoms with van der Waals surface area (Å²) in [6.45, 7) is 7.95. The molecule has 2 aromatic carbocycles. The molecular formula is C27H34N2O5. The van der Waals surface area contributed by atoms with Crippen LogP contribution in [0.4, 0.5) is 4.79 Å². The Labute approximate surface area is 200 Å². The van der Waals surface area contributed by atoms with Gasteiger partial charge in [-0.3, -0.25) is 9.59 Å². The molecule has 2 amide bonds. The van der Waals surface area contributed by atoms with E-state index in [1.54, 1.807) is 0 Å². The number of carbonyl (C=O) groups excluding carboxylic acids is 2. The third-order valence-electron chi connectivity index (χ3n) is 6.19. The number of ether oxygens (including phenoxy) is 1. The first-order chi connectivity index (χ1) is 16.1. The van der Waals surface area contributed by atoms with Gasteiger partial charge >= 0.3 is 12.1 Å². The van der Waals surface area contributed by atoms with Crippen LogP contribution in [0.5, 0.6) is 0 Å². The molecule has 0 bridgehead atoms. The molecule has 0 saturated heterocycles. The molecule has 3 rings (SSSR count). The van der Waals surface area contributed by atoms with E-state index in [1.165, 1.54) is 0 Å². The van der Waals surface area contributed by atoms with Crippen molar-refractivity contribution < 1.29 is 24.2 Å². The molecule has 0 fully saturated rings. The van der Waals surface area contributed by atoms with E-state index < -0.39 is 23.5 Å². The average molecular weight is 467 g/mol. The van der Waals surface area contributed by atoms with E-state index in [0.717, 1.165) is 22.3 Å². The lowest BCUT2D eigenvalue weighted by Crippen LogP contribution is -2.54. The van der Waals surface area contributed by atoms with Crippen molar-refractivity contribution >= 4 is 18.0 Å². The Hall–Kier alpha value is -3.35. The maximum atomic E-state index is 12.8. The Morgan fingerprint density at radius 3 is 2.09 bits per heavy atom. The van der Waals surface area contributed by atoms with E-state index in [2.05, 4.69) is 34.9 Å². The summed E-state index contributed by atoms with van der Waals surface area (Å²) in [6.07, 6.45) is -0.0488. The maximum absolute atomic E-state index is 12.8. The van der Waals surface area contributed by atoms with Crippen LogP contribution in [-0.4, -0.2) is 42.3 Å². The molecule has 182 valence electrons. The highest BCUT2D eigenvalue weighted by Gasteiger charge is 2.34. The highest BCUT2D eigenvalue weighted by atomic mass is 16.5. The Kier molecular flexibility index (Phi) is 7.97. The molecule has 0 spiro atoms. The minimum atomic E-state index is -0.858. The fourth-order valence-electron chi connectivity index (χ4n) is 4.38. The number of carboxylic acids is 1. The van der Waals surface area contributed by atoms with E-state index in [1.807, 2.05) is 52.0 Å². The Morgan fingerprint density at radius 2 is 1.56 bits per heavy atom. The summed E-state index contributed by atoms with van der Waals surface area (Å²) in [5, 5.41) is 14.4. The number of carboxylic acid groups (broad SMARTS) is 1. The van der Waals surface area contributed by atoms with Gasteiger partial charge in [0.25, 0.3) is 0 Å². The van der Waals surface area contributed by atoms with Gasteiger partial charge in [-0.05, 0) is 40.0 Å². The van der Waals surface area contributed by atoms with Gasteiger partial charge in [-0.2, -0.15) is 0 Å². The van der Waals surface area contributed by atoms with Crippen LogP contribution in [0.1, 0.15) is 57.6 Å². The van der Waals surface area contributed by atoms with Crippen molar-refractivity contribution in [1.82, 2.24) is 10.6 Å². The Morgan fingerprint density at radius 1 is 1.00 bits per heavy atom. The Bertz CT molecular complexity index is 998. The number of fused-ring (bicyclic) bond motifs is 3. The summed E-state index contributed by atoms with van der Waals surface area (Å²) in [5.74, 6) is -1.29. The summed E-state index contributed by atoms with van der Waals surface area (Å²) in [7, 11) is 0. The molecule has 1 aliphatic carbocycles. The number of amides is 2. The SMILES string of the molecule is CC(CCNC(=O)[C@@H](NC(=O)OCC1c2ccccc2-c2ccccc21)C(C)(C)C)CC(=O)O. The van der Waals surface area contributed by atoms with Crippen LogP contribution in [0.25, 0.3) is 11.1 Å². The summed E-state index contributed by atoms with van der Waals surface area (Å²) in [4.78, 5) is 36.3. The van der Waals surface area contributed by atoms with Crippen molar-refractivity contribution in [2.45, 2.75) is 52.5 Å². The number of nitrogens with one attached hydrogen (secondary N) is 2. The molecule has 0 aliphatic heterocycles.